The summed E-state index contributed by atoms with van der Waals surface area (Å²) in [6.07, 6.45) is 7.41. The third-order valence-corrected chi connectivity index (χ3v) is 4.45. The zero-order valence-corrected chi connectivity index (χ0v) is 14.0. The molecule has 1 unspecified atom stereocenters. The highest BCUT2D eigenvalue weighted by Gasteiger charge is 2.31. The number of aromatic amines is 1. The van der Waals surface area contributed by atoms with Crippen molar-refractivity contribution in [1.82, 2.24) is 30.0 Å². The topological polar surface area (TPSA) is 87.7 Å². The van der Waals surface area contributed by atoms with Gasteiger partial charge in [-0.15, -0.1) is 0 Å². The molecule has 0 bridgehead atoms. The third-order valence-electron chi connectivity index (χ3n) is 4.45. The molecular formula is C18H17FN6O. The van der Waals surface area contributed by atoms with E-state index in [1.807, 2.05) is 0 Å². The molecule has 7 nitrogen and oxygen atoms in total. The lowest BCUT2D eigenvalue weighted by atomic mass is 10.00. The van der Waals surface area contributed by atoms with E-state index in [0.29, 0.717) is 29.5 Å². The Labute approximate surface area is 149 Å². The number of nitrogens with one attached hydrogen (secondary N) is 1. The first-order valence-electron chi connectivity index (χ1n) is 8.47. The van der Waals surface area contributed by atoms with Crippen LogP contribution in [0.25, 0.3) is 11.5 Å². The molecule has 26 heavy (non-hydrogen) atoms. The van der Waals surface area contributed by atoms with Crippen LogP contribution in [0, 0.1) is 5.82 Å². The maximum atomic E-state index is 13.5. The number of halogens is 1. The molecule has 0 radical (unpaired) electrons. The Bertz CT molecular complexity index is 913. The minimum absolute atomic E-state index is 0.202. The fourth-order valence-corrected chi connectivity index (χ4v) is 3.20. The van der Waals surface area contributed by atoms with Crippen molar-refractivity contribution in [3.05, 3.63) is 60.1 Å². The molecule has 2 aromatic heterocycles. The number of piperidine rings is 1. The summed E-state index contributed by atoms with van der Waals surface area (Å²) >= 11 is 0. The maximum absolute atomic E-state index is 13.5. The predicted molar refractivity (Wildman–Crippen MR) is 91.4 cm³/mol. The lowest BCUT2D eigenvalue weighted by molar-refractivity contribution is 0.0600. The SMILES string of the molecule is O=C(c1cccc(F)c1)N1CCCCC1c1nc(-c2cnccn2)n[nH]1. The maximum Gasteiger partial charge on any atom is 0.254 e. The highest BCUT2D eigenvalue weighted by Crippen LogP contribution is 2.31. The van der Waals surface area contributed by atoms with E-state index in [9.17, 15) is 9.18 Å². The van der Waals surface area contributed by atoms with E-state index in [-0.39, 0.29) is 11.9 Å². The van der Waals surface area contributed by atoms with E-state index < -0.39 is 5.82 Å². The van der Waals surface area contributed by atoms with Crippen LogP contribution in [0.1, 0.15) is 41.5 Å². The van der Waals surface area contributed by atoms with Gasteiger partial charge in [-0.25, -0.2) is 14.4 Å². The summed E-state index contributed by atoms with van der Waals surface area (Å²) in [6.45, 7) is 0.598. The van der Waals surface area contributed by atoms with Crippen LogP contribution in [0.2, 0.25) is 0 Å². The first-order valence-corrected chi connectivity index (χ1v) is 8.47. The van der Waals surface area contributed by atoms with Gasteiger partial charge < -0.3 is 4.90 Å². The van der Waals surface area contributed by atoms with Gasteiger partial charge in [-0.3, -0.25) is 14.9 Å². The van der Waals surface area contributed by atoms with Crippen molar-refractivity contribution in [1.29, 1.82) is 0 Å². The molecule has 1 aromatic carbocycles. The van der Waals surface area contributed by atoms with Crippen molar-refractivity contribution in [2.45, 2.75) is 25.3 Å². The molecule has 1 atom stereocenters. The van der Waals surface area contributed by atoms with Crippen LogP contribution in [0.15, 0.2) is 42.9 Å². The zero-order chi connectivity index (χ0) is 17.9. The molecule has 1 fully saturated rings. The van der Waals surface area contributed by atoms with Gasteiger partial charge >= 0.3 is 0 Å². The average Bonchev–Trinajstić information content (AvgIpc) is 3.18. The molecule has 4 rings (SSSR count). The van der Waals surface area contributed by atoms with Gasteiger partial charge in [0.2, 0.25) is 5.82 Å². The van der Waals surface area contributed by atoms with Gasteiger partial charge in [0.05, 0.1) is 12.2 Å². The Morgan fingerprint density at radius 1 is 1.27 bits per heavy atom. The number of benzene rings is 1. The van der Waals surface area contributed by atoms with Crippen LogP contribution in [-0.2, 0) is 0 Å². The second kappa shape index (κ2) is 6.99. The molecular weight excluding hydrogens is 335 g/mol. The summed E-state index contributed by atoms with van der Waals surface area (Å²) in [6, 6.07) is 5.54. The first kappa shape index (κ1) is 16.3. The van der Waals surface area contributed by atoms with Crippen molar-refractivity contribution in [3.63, 3.8) is 0 Å². The fourth-order valence-electron chi connectivity index (χ4n) is 3.20. The van der Waals surface area contributed by atoms with Crippen molar-refractivity contribution in [2.24, 2.45) is 0 Å². The third kappa shape index (κ3) is 3.17. The Hall–Kier alpha value is -3.16. The number of amides is 1. The van der Waals surface area contributed by atoms with Crippen LogP contribution in [0.4, 0.5) is 4.39 Å². The number of H-pyrrole nitrogens is 1. The monoisotopic (exact) mass is 352 g/mol. The normalized spacial score (nSPS) is 17.3. The smallest absolute Gasteiger partial charge is 0.254 e. The van der Waals surface area contributed by atoms with Gasteiger partial charge in [0.15, 0.2) is 0 Å². The highest BCUT2D eigenvalue weighted by atomic mass is 19.1. The summed E-state index contributed by atoms with van der Waals surface area (Å²) in [5, 5.41) is 7.13. The number of likely N-dealkylation sites (tertiary alicyclic amines) is 1. The van der Waals surface area contributed by atoms with Gasteiger partial charge in [0.1, 0.15) is 17.3 Å². The minimum Gasteiger partial charge on any atom is -0.328 e. The largest absolute Gasteiger partial charge is 0.328 e. The minimum atomic E-state index is -0.422. The molecule has 1 N–H and O–H groups in total. The molecule has 0 aliphatic carbocycles. The van der Waals surface area contributed by atoms with E-state index in [2.05, 4.69) is 25.1 Å². The molecule has 1 amide bonds. The summed E-state index contributed by atoms with van der Waals surface area (Å²) in [4.78, 5) is 27.3. The van der Waals surface area contributed by atoms with Crippen LogP contribution >= 0.6 is 0 Å². The van der Waals surface area contributed by atoms with Crippen LogP contribution < -0.4 is 0 Å². The second-order valence-electron chi connectivity index (χ2n) is 6.16. The molecule has 1 aliphatic heterocycles. The average molecular weight is 352 g/mol. The molecule has 1 saturated heterocycles. The number of carbonyl (C=O) groups excluding carboxylic acids is 1. The lowest BCUT2D eigenvalue weighted by Gasteiger charge is -2.34. The number of carbonyl (C=O) groups is 1. The Balaban J connectivity index is 1.62. The van der Waals surface area contributed by atoms with Gasteiger partial charge in [-0.1, -0.05) is 6.07 Å². The number of nitrogens with zero attached hydrogens (tertiary/aromatic N) is 5. The van der Waals surface area contributed by atoms with Gasteiger partial charge in [-0.2, -0.15) is 5.10 Å². The van der Waals surface area contributed by atoms with Crippen LogP contribution in [0.3, 0.4) is 0 Å². The number of hydrogen-bond acceptors (Lipinski definition) is 5. The van der Waals surface area contributed by atoms with E-state index in [1.165, 1.54) is 12.1 Å². The van der Waals surface area contributed by atoms with Gasteiger partial charge in [0, 0.05) is 24.5 Å². The van der Waals surface area contributed by atoms with Crippen LogP contribution in [-0.4, -0.2) is 42.5 Å². The van der Waals surface area contributed by atoms with Crippen molar-refractivity contribution >= 4 is 5.91 Å². The van der Waals surface area contributed by atoms with Crippen molar-refractivity contribution < 1.29 is 9.18 Å². The van der Waals surface area contributed by atoms with Crippen molar-refractivity contribution in [3.8, 4) is 11.5 Å². The van der Waals surface area contributed by atoms with E-state index >= 15 is 0 Å². The summed E-state index contributed by atoms with van der Waals surface area (Å²) in [5.41, 5.74) is 0.902. The molecule has 1 aliphatic rings. The quantitative estimate of drug-likeness (QED) is 0.783. The summed E-state index contributed by atoms with van der Waals surface area (Å²) in [5.74, 6) is 0.424. The van der Waals surface area contributed by atoms with Gasteiger partial charge in [0.25, 0.3) is 5.91 Å². The molecule has 8 heteroatoms. The number of hydrogen-bond donors (Lipinski definition) is 1. The lowest BCUT2D eigenvalue weighted by Crippen LogP contribution is -2.39. The zero-order valence-electron chi connectivity index (χ0n) is 14.0. The fraction of sp³-hybridized carbons (Fsp3) is 0.278. The highest BCUT2D eigenvalue weighted by molar-refractivity contribution is 5.94. The number of aromatic nitrogens is 5. The predicted octanol–water partition coefficient (Wildman–Crippen LogP) is 2.77. The molecule has 0 saturated carbocycles. The molecule has 3 aromatic rings. The van der Waals surface area contributed by atoms with Gasteiger partial charge in [-0.05, 0) is 37.5 Å². The Morgan fingerprint density at radius 2 is 2.19 bits per heavy atom. The summed E-state index contributed by atoms with van der Waals surface area (Å²) < 4.78 is 13.5. The number of rotatable bonds is 3. The van der Waals surface area contributed by atoms with E-state index in [0.717, 1.165) is 19.3 Å². The van der Waals surface area contributed by atoms with E-state index in [4.69, 9.17) is 0 Å². The first-order chi connectivity index (χ1) is 12.7. The van der Waals surface area contributed by atoms with Crippen LogP contribution in [0.5, 0.6) is 0 Å². The molecule has 132 valence electrons. The molecule has 0 spiro atoms. The Morgan fingerprint density at radius 3 is 3.00 bits per heavy atom. The van der Waals surface area contributed by atoms with Crippen molar-refractivity contribution in [2.75, 3.05) is 6.54 Å². The standard InChI is InChI=1S/C18H17FN6O/c19-13-5-3-4-12(10-13)18(26)25-9-2-1-6-15(25)17-22-16(23-24-17)14-11-20-7-8-21-14/h3-5,7-8,10-11,15H,1-2,6,9H2,(H,22,23,24). The summed E-state index contributed by atoms with van der Waals surface area (Å²) in [7, 11) is 0. The Kier molecular flexibility index (Phi) is 4.39. The van der Waals surface area contributed by atoms with E-state index in [1.54, 1.807) is 35.6 Å². The second-order valence-corrected chi connectivity index (χ2v) is 6.16. The molecule has 3 heterocycles.